The second-order valence-corrected chi connectivity index (χ2v) is 11.1. The van der Waals surface area contributed by atoms with Gasteiger partial charge in [0.25, 0.3) is 0 Å². The van der Waals surface area contributed by atoms with Crippen molar-refractivity contribution >= 4 is 40.9 Å². The Bertz CT molecular complexity index is 1120. The van der Waals surface area contributed by atoms with Crippen molar-refractivity contribution < 1.29 is 14.3 Å². The molecular formula is C29H38Cl2N4O3. The van der Waals surface area contributed by atoms with Crippen molar-refractivity contribution in [2.45, 2.75) is 52.1 Å². The van der Waals surface area contributed by atoms with Crippen molar-refractivity contribution in [3.05, 3.63) is 63.1 Å². The molecule has 2 aromatic carbocycles. The van der Waals surface area contributed by atoms with Crippen LogP contribution < -0.4 is 5.32 Å². The molecule has 2 aliphatic rings. The van der Waals surface area contributed by atoms with Crippen molar-refractivity contribution in [2.75, 3.05) is 51.2 Å². The second-order valence-electron chi connectivity index (χ2n) is 10.3. The number of amides is 2. The third-order valence-corrected chi connectivity index (χ3v) is 8.42. The van der Waals surface area contributed by atoms with E-state index in [9.17, 15) is 9.59 Å². The molecule has 38 heavy (non-hydrogen) atoms. The highest BCUT2D eigenvalue weighted by atomic mass is 35.5. The van der Waals surface area contributed by atoms with E-state index in [0.717, 1.165) is 61.4 Å². The zero-order valence-corrected chi connectivity index (χ0v) is 24.0. The van der Waals surface area contributed by atoms with Crippen molar-refractivity contribution in [3.63, 3.8) is 0 Å². The number of piperazine rings is 1. The number of piperidine rings is 1. The number of carbonyl (C=O) groups is 2. The van der Waals surface area contributed by atoms with Gasteiger partial charge in [0.2, 0.25) is 5.91 Å². The Morgan fingerprint density at radius 3 is 2.37 bits per heavy atom. The quantitative estimate of drug-likeness (QED) is 0.491. The first-order valence-electron chi connectivity index (χ1n) is 13.4. The molecule has 2 saturated heterocycles. The number of anilines is 1. The minimum atomic E-state index is -0.254. The molecule has 0 aromatic heterocycles. The zero-order valence-electron chi connectivity index (χ0n) is 22.5. The van der Waals surface area contributed by atoms with Crippen LogP contribution in [0.3, 0.4) is 0 Å². The van der Waals surface area contributed by atoms with Crippen LogP contribution in [-0.2, 0) is 16.0 Å². The summed E-state index contributed by atoms with van der Waals surface area (Å²) in [5, 5.41) is 4.15. The largest absolute Gasteiger partial charge is 0.450 e. The number of ether oxygens (including phenoxy) is 1. The number of rotatable bonds is 7. The van der Waals surface area contributed by atoms with E-state index < -0.39 is 0 Å². The fourth-order valence-corrected chi connectivity index (χ4v) is 5.94. The molecule has 4 rings (SSSR count). The summed E-state index contributed by atoms with van der Waals surface area (Å²) in [4.78, 5) is 32.1. The highest BCUT2D eigenvalue weighted by Gasteiger charge is 2.36. The van der Waals surface area contributed by atoms with E-state index >= 15 is 0 Å². The summed E-state index contributed by atoms with van der Waals surface area (Å²) in [5.41, 5.74) is 4.12. The number of para-hydroxylation sites is 1. The zero-order chi connectivity index (χ0) is 27.2. The number of aryl methyl sites for hydroxylation is 2. The molecule has 2 fully saturated rings. The second kappa shape index (κ2) is 13.2. The van der Waals surface area contributed by atoms with Gasteiger partial charge in [0, 0.05) is 50.5 Å². The van der Waals surface area contributed by atoms with Gasteiger partial charge in [0.1, 0.15) is 0 Å². The standard InChI is InChI=1S/C29H38Cl2N4O3/c1-4-38-29(37)35-11-10-23(18-24(35)16-22-8-9-25(30)26(31)17-22)34-14-12-33(13-15-34)19-27(36)32-28-20(2)6-5-7-21(28)3/h5-9,17,23-24H,4,10-16,18-19H2,1-3H3,(H,32,36)/t23-,24-/m0/s1. The Kier molecular flexibility index (Phi) is 9.93. The Labute approximate surface area is 236 Å². The van der Waals surface area contributed by atoms with Crippen LogP contribution in [0.1, 0.15) is 36.5 Å². The van der Waals surface area contributed by atoms with E-state index in [1.807, 2.05) is 62.1 Å². The molecule has 0 spiro atoms. The molecule has 206 valence electrons. The Balaban J connectivity index is 1.33. The average Bonchev–Trinajstić information content (AvgIpc) is 2.89. The molecule has 2 atom stereocenters. The minimum Gasteiger partial charge on any atom is -0.450 e. The van der Waals surface area contributed by atoms with Gasteiger partial charge in [0.15, 0.2) is 0 Å². The normalized spacial score (nSPS) is 20.8. The van der Waals surface area contributed by atoms with Gasteiger partial charge in [-0.25, -0.2) is 4.79 Å². The SMILES string of the molecule is CCOC(=O)N1CC[C@H](N2CCN(CC(=O)Nc3c(C)cccc3C)CC2)C[C@@H]1Cc1ccc(Cl)c(Cl)c1. The van der Waals surface area contributed by atoms with Crippen LogP contribution in [0.2, 0.25) is 10.0 Å². The van der Waals surface area contributed by atoms with E-state index in [2.05, 4.69) is 15.1 Å². The lowest BCUT2D eigenvalue weighted by atomic mass is 9.91. The summed E-state index contributed by atoms with van der Waals surface area (Å²) in [6, 6.07) is 12.1. The molecule has 2 aliphatic heterocycles. The first-order valence-corrected chi connectivity index (χ1v) is 14.2. The molecule has 2 heterocycles. The highest BCUT2D eigenvalue weighted by Crippen LogP contribution is 2.29. The van der Waals surface area contributed by atoms with Gasteiger partial charge < -0.3 is 15.0 Å². The van der Waals surface area contributed by atoms with Crippen LogP contribution in [0.15, 0.2) is 36.4 Å². The molecule has 2 aromatic rings. The number of hydrogen-bond acceptors (Lipinski definition) is 5. The lowest BCUT2D eigenvalue weighted by Gasteiger charge is -2.45. The van der Waals surface area contributed by atoms with E-state index in [4.69, 9.17) is 27.9 Å². The first-order chi connectivity index (χ1) is 18.2. The van der Waals surface area contributed by atoms with Crippen LogP contribution in [0, 0.1) is 13.8 Å². The predicted molar refractivity (Wildman–Crippen MR) is 153 cm³/mol. The third kappa shape index (κ3) is 7.20. The van der Waals surface area contributed by atoms with Gasteiger partial charge in [0.05, 0.1) is 23.2 Å². The molecule has 0 saturated carbocycles. The number of likely N-dealkylation sites (tertiary alicyclic amines) is 1. The fourth-order valence-electron chi connectivity index (χ4n) is 5.62. The van der Waals surface area contributed by atoms with Crippen LogP contribution in [0.5, 0.6) is 0 Å². The Morgan fingerprint density at radius 2 is 1.71 bits per heavy atom. The molecule has 0 radical (unpaired) electrons. The average molecular weight is 562 g/mol. The lowest BCUT2D eigenvalue weighted by molar-refractivity contribution is -0.117. The number of benzene rings is 2. The van der Waals surface area contributed by atoms with Gasteiger partial charge >= 0.3 is 6.09 Å². The summed E-state index contributed by atoms with van der Waals surface area (Å²) in [5.74, 6) is 0.0280. The maximum absolute atomic E-state index is 12.7. The number of halogens is 2. The topological polar surface area (TPSA) is 65.1 Å². The fraction of sp³-hybridized carbons (Fsp3) is 0.517. The number of carbonyl (C=O) groups excluding carboxylic acids is 2. The van der Waals surface area contributed by atoms with Gasteiger partial charge in [-0.2, -0.15) is 0 Å². The van der Waals surface area contributed by atoms with Crippen LogP contribution in [0.4, 0.5) is 10.5 Å². The van der Waals surface area contributed by atoms with Gasteiger partial charge in [-0.1, -0.05) is 47.5 Å². The molecule has 2 amide bonds. The van der Waals surface area contributed by atoms with E-state index in [1.165, 1.54) is 0 Å². The van der Waals surface area contributed by atoms with Gasteiger partial charge in [-0.3, -0.25) is 14.6 Å². The van der Waals surface area contributed by atoms with Crippen LogP contribution in [-0.4, -0.2) is 84.7 Å². The van der Waals surface area contributed by atoms with E-state index in [1.54, 1.807) is 0 Å². The molecule has 1 N–H and O–H groups in total. The molecule has 7 nitrogen and oxygen atoms in total. The summed E-state index contributed by atoms with van der Waals surface area (Å²) in [6.07, 6.45) is 2.22. The lowest BCUT2D eigenvalue weighted by Crippen LogP contribution is -2.57. The molecular weight excluding hydrogens is 523 g/mol. The molecule has 0 aliphatic carbocycles. The van der Waals surface area contributed by atoms with Crippen molar-refractivity contribution in [1.29, 1.82) is 0 Å². The Hall–Kier alpha value is -2.32. The van der Waals surface area contributed by atoms with Crippen LogP contribution in [0.25, 0.3) is 0 Å². The monoisotopic (exact) mass is 560 g/mol. The smallest absolute Gasteiger partial charge is 0.410 e. The van der Waals surface area contributed by atoms with Crippen molar-refractivity contribution in [1.82, 2.24) is 14.7 Å². The third-order valence-electron chi connectivity index (χ3n) is 7.68. The number of nitrogens with one attached hydrogen (secondary N) is 1. The summed E-state index contributed by atoms with van der Waals surface area (Å²) < 4.78 is 5.36. The van der Waals surface area contributed by atoms with Crippen LogP contribution >= 0.6 is 23.2 Å². The van der Waals surface area contributed by atoms with E-state index in [0.29, 0.717) is 42.2 Å². The number of hydrogen-bond donors (Lipinski definition) is 1. The molecule has 0 bridgehead atoms. The molecule has 9 heteroatoms. The Morgan fingerprint density at radius 1 is 1.00 bits per heavy atom. The summed E-state index contributed by atoms with van der Waals surface area (Å²) >= 11 is 12.4. The summed E-state index contributed by atoms with van der Waals surface area (Å²) in [7, 11) is 0. The maximum atomic E-state index is 12.7. The molecule has 0 unspecified atom stereocenters. The minimum absolute atomic E-state index is 0.0196. The van der Waals surface area contributed by atoms with Crippen molar-refractivity contribution in [3.8, 4) is 0 Å². The maximum Gasteiger partial charge on any atom is 0.410 e. The van der Waals surface area contributed by atoms with Gasteiger partial charge in [-0.05, 0) is 68.9 Å². The first kappa shape index (κ1) is 28.7. The van der Waals surface area contributed by atoms with Crippen molar-refractivity contribution in [2.24, 2.45) is 0 Å². The summed E-state index contributed by atoms with van der Waals surface area (Å²) in [6.45, 7) is 10.8. The highest BCUT2D eigenvalue weighted by molar-refractivity contribution is 6.42. The van der Waals surface area contributed by atoms with E-state index in [-0.39, 0.29) is 18.0 Å². The predicted octanol–water partition coefficient (Wildman–Crippen LogP) is 5.40. The number of nitrogens with zero attached hydrogens (tertiary/aromatic N) is 3. The van der Waals surface area contributed by atoms with Gasteiger partial charge in [-0.15, -0.1) is 0 Å².